The molecular formula is C22H20O2. The number of fused-ring (bicyclic) bond motifs is 1. The SMILES string of the molecule is CCOC(=O)/C=C/c1ccccc1Cc1ccc2ccccc2c1. The van der Waals surface area contributed by atoms with Gasteiger partial charge >= 0.3 is 5.97 Å². The molecule has 0 radical (unpaired) electrons. The van der Waals surface area contributed by atoms with Crippen molar-refractivity contribution in [1.82, 2.24) is 0 Å². The molecule has 0 aliphatic rings. The summed E-state index contributed by atoms with van der Waals surface area (Å²) in [5.41, 5.74) is 3.48. The average Bonchev–Trinajstić information content (AvgIpc) is 2.61. The lowest BCUT2D eigenvalue weighted by Gasteiger charge is -2.08. The zero-order valence-electron chi connectivity index (χ0n) is 13.7. The molecule has 0 aromatic heterocycles. The first-order valence-corrected chi connectivity index (χ1v) is 8.16. The van der Waals surface area contributed by atoms with Crippen LogP contribution in [-0.4, -0.2) is 12.6 Å². The van der Waals surface area contributed by atoms with E-state index in [0.29, 0.717) is 6.61 Å². The Bertz CT molecular complexity index is 878. The van der Waals surface area contributed by atoms with E-state index in [1.54, 1.807) is 6.92 Å². The molecule has 0 N–H and O–H groups in total. The van der Waals surface area contributed by atoms with E-state index in [2.05, 4.69) is 48.5 Å². The Kier molecular flexibility index (Phi) is 5.07. The molecule has 0 amide bonds. The number of esters is 1. The van der Waals surface area contributed by atoms with Gasteiger partial charge in [-0.2, -0.15) is 0 Å². The van der Waals surface area contributed by atoms with Gasteiger partial charge < -0.3 is 4.74 Å². The molecule has 0 saturated heterocycles. The van der Waals surface area contributed by atoms with Crippen LogP contribution in [0.4, 0.5) is 0 Å². The van der Waals surface area contributed by atoms with Gasteiger partial charge in [0.2, 0.25) is 0 Å². The fourth-order valence-corrected chi connectivity index (χ4v) is 2.77. The van der Waals surface area contributed by atoms with Crippen molar-refractivity contribution in [3.8, 4) is 0 Å². The van der Waals surface area contributed by atoms with Crippen LogP contribution in [0.5, 0.6) is 0 Å². The molecule has 2 heteroatoms. The number of benzene rings is 3. The summed E-state index contributed by atoms with van der Waals surface area (Å²) >= 11 is 0. The molecule has 24 heavy (non-hydrogen) atoms. The Balaban J connectivity index is 1.85. The maximum absolute atomic E-state index is 11.5. The third-order valence-electron chi connectivity index (χ3n) is 3.95. The van der Waals surface area contributed by atoms with Crippen LogP contribution in [0.25, 0.3) is 16.8 Å². The number of ether oxygens (including phenoxy) is 1. The largest absolute Gasteiger partial charge is 0.463 e. The molecule has 3 aromatic rings. The van der Waals surface area contributed by atoms with Gasteiger partial charge in [0.1, 0.15) is 0 Å². The van der Waals surface area contributed by atoms with Gasteiger partial charge in [-0.05, 0) is 46.9 Å². The smallest absolute Gasteiger partial charge is 0.330 e. The van der Waals surface area contributed by atoms with Gasteiger partial charge in [-0.15, -0.1) is 0 Å². The van der Waals surface area contributed by atoms with Crippen LogP contribution < -0.4 is 0 Å². The first-order chi connectivity index (χ1) is 11.8. The molecule has 2 nitrogen and oxygen atoms in total. The summed E-state index contributed by atoms with van der Waals surface area (Å²) in [4.78, 5) is 11.5. The van der Waals surface area contributed by atoms with Crippen LogP contribution in [0.2, 0.25) is 0 Å². The third-order valence-corrected chi connectivity index (χ3v) is 3.95. The molecule has 3 rings (SSSR count). The third kappa shape index (κ3) is 3.90. The van der Waals surface area contributed by atoms with Crippen LogP contribution in [0.1, 0.15) is 23.6 Å². The second-order valence-electron chi connectivity index (χ2n) is 5.64. The van der Waals surface area contributed by atoms with Gasteiger partial charge in [-0.3, -0.25) is 0 Å². The van der Waals surface area contributed by atoms with Crippen molar-refractivity contribution >= 4 is 22.8 Å². The summed E-state index contributed by atoms with van der Waals surface area (Å²) < 4.78 is 4.94. The van der Waals surface area contributed by atoms with Gasteiger partial charge in [0.15, 0.2) is 0 Å². The van der Waals surface area contributed by atoms with Crippen LogP contribution in [0.3, 0.4) is 0 Å². The lowest BCUT2D eigenvalue weighted by atomic mass is 9.97. The van der Waals surface area contributed by atoms with E-state index < -0.39 is 0 Å². The van der Waals surface area contributed by atoms with Crippen molar-refractivity contribution in [3.63, 3.8) is 0 Å². The lowest BCUT2D eigenvalue weighted by molar-refractivity contribution is -0.137. The molecule has 120 valence electrons. The van der Waals surface area contributed by atoms with E-state index in [-0.39, 0.29) is 5.97 Å². The molecular weight excluding hydrogens is 296 g/mol. The minimum absolute atomic E-state index is 0.307. The number of hydrogen-bond acceptors (Lipinski definition) is 2. The normalized spacial score (nSPS) is 11.0. The Morgan fingerprint density at radius 1 is 0.958 bits per heavy atom. The van der Waals surface area contributed by atoms with E-state index in [0.717, 1.165) is 12.0 Å². The van der Waals surface area contributed by atoms with Crippen LogP contribution in [0.15, 0.2) is 72.8 Å². The zero-order valence-corrected chi connectivity index (χ0v) is 13.7. The first kappa shape index (κ1) is 16.0. The minimum Gasteiger partial charge on any atom is -0.463 e. The molecule has 0 aliphatic heterocycles. The maximum Gasteiger partial charge on any atom is 0.330 e. The van der Waals surface area contributed by atoms with E-state index in [9.17, 15) is 4.79 Å². The summed E-state index contributed by atoms with van der Waals surface area (Å²) in [5.74, 6) is -0.307. The van der Waals surface area contributed by atoms with Crippen molar-refractivity contribution in [2.75, 3.05) is 6.61 Å². The van der Waals surface area contributed by atoms with Gasteiger partial charge in [0, 0.05) is 6.08 Å². The fourth-order valence-electron chi connectivity index (χ4n) is 2.77. The van der Waals surface area contributed by atoms with Crippen molar-refractivity contribution in [3.05, 3.63) is 89.5 Å². The summed E-state index contributed by atoms with van der Waals surface area (Å²) in [7, 11) is 0. The van der Waals surface area contributed by atoms with Crippen LogP contribution in [0, 0.1) is 0 Å². The number of rotatable bonds is 5. The van der Waals surface area contributed by atoms with E-state index in [1.165, 1.54) is 28.0 Å². The quantitative estimate of drug-likeness (QED) is 0.489. The highest BCUT2D eigenvalue weighted by Crippen LogP contribution is 2.20. The summed E-state index contributed by atoms with van der Waals surface area (Å²) in [6.07, 6.45) is 4.14. The molecule has 0 fully saturated rings. The number of carbonyl (C=O) groups is 1. The summed E-state index contributed by atoms with van der Waals surface area (Å²) in [6, 6.07) is 23.0. The van der Waals surface area contributed by atoms with Gasteiger partial charge in [-0.1, -0.05) is 66.7 Å². The topological polar surface area (TPSA) is 26.3 Å². The van der Waals surface area contributed by atoms with Crippen molar-refractivity contribution in [2.24, 2.45) is 0 Å². The first-order valence-electron chi connectivity index (χ1n) is 8.16. The molecule has 3 aromatic carbocycles. The predicted molar refractivity (Wildman–Crippen MR) is 98.9 cm³/mol. The Morgan fingerprint density at radius 2 is 1.71 bits per heavy atom. The minimum atomic E-state index is -0.307. The lowest BCUT2D eigenvalue weighted by Crippen LogP contribution is -1.99. The van der Waals surface area contributed by atoms with Crippen molar-refractivity contribution < 1.29 is 9.53 Å². The average molecular weight is 316 g/mol. The number of carbonyl (C=O) groups excluding carboxylic acids is 1. The second kappa shape index (κ2) is 7.60. The zero-order chi connectivity index (χ0) is 16.8. The Morgan fingerprint density at radius 3 is 2.54 bits per heavy atom. The van der Waals surface area contributed by atoms with Crippen molar-refractivity contribution in [1.29, 1.82) is 0 Å². The molecule has 0 bridgehead atoms. The molecule has 0 spiro atoms. The van der Waals surface area contributed by atoms with Gasteiger partial charge in [-0.25, -0.2) is 4.79 Å². The summed E-state index contributed by atoms with van der Waals surface area (Å²) in [6.45, 7) is 2.20. The summed E-state index contributed by atoms with van der Waals surface area (Å²) in [5, 5.41) is 2.49. The number of hydrogen-bond donors (Lipinski definition) is 0. The van der Waals surface area contributed by atoms with Crippen LogP contribution in [-0.2, 0) is 16.0 Å². The molecule has 0 heterocycles. The predicted octanol–water partition coefficient (Wildman–Crippen LogP) is 5.01. The Labute approximate surface area is 142 Å². The highest BCUT2D eigenvalue weighted by molar-refractivity contribution is 5.87. The monoisotopic (exact) mass is 316 g/mol. The fraction of sp³-hybridized carbons (Fsp3) is 0.136. The van der Waals surface area contributed by atoms with Gasteiger partial charge in [0.25, 0.3) is 0 Å². The van der Waals surface area contributed by atoms with E-state index in [4.69, 9.17) is 4.74 Å². The highest BCUT2D eigenvalue weighted by atomic mass is 16.5. The highest BCUT2D eigenvalue weighted by Gasteiger charge is 2.03. The van der Waals surface area contributed by atoms with Gasteiger partial charge in [0.05, 0.1) is 6.61 Å². The maximum atomic E-state index is 11.5. The van der Waals surface area contributed by atoms with Crippen LogP contribution >= 0.6 is 0 Å². The standard InChI is InChI=1S/C22H20O2/c1-2-24-22(23)14-13-19-8-4-6-10-21(19)16-17-11-12-18-7-3-5-9-20(18)15-17/h3-15H,2,16H2,1H3/b14-13+. The van der Waals surface area contributed by atoms with E-state index in [1.807, 2.05) is 24.3 Å². The van der Waals surface area contributed by atoms with Crippen molar-refractivity contribution in [2.45, 2.75) is 13.3 Å². The van der Waals surface area contributed by atoms with E-state index >= 15 is 0 Å². The second-order valence-corrected chi connectivity index (χ2v) is 5.64. The Hall–Kier alpha value is -2.87. The molecule has 0 aliphatic carbocycles. The molecule has 0 unspecified atom stereocenters. The molecule has 0 atom stereocenters. The molecule has 0 saturated carbocycles.